The fraction of sp³-hybridized carbons (Fsp3) is 0.300. The Kier molecular flexibility index (Phi) is 5.28. The van der Waals surface area contributed by atoms with Gasteiger partial charge in [-0.25, -0.2) is 13.4 Å². The summed E-state index contributed by atoms with van der Waals surface area (Å²) in [6.07, 6.45) is 1.51. The van der Waals surface area contributed by atoms with Gasteiger partial charge in [0.15, 0.2) is 0 Å². The van der Waals surface area contributed by atoms with Crippen LogP contribution in [0.3, 0.4) is 0 Å². The van der Waals surface area contributed by atoms with Crippen LogP contribution in [0.5, 0.6) is 5.75 Å². The number of anilines is 1. The molecule has 1 aliphatic rings. The minimum absolute atomic E-state index is 0.136. The quantitative estimate of drug-likeness (QED) is 0.664. The molecule has 1 atom stereocenters. The number of benzene rings is 2. The fourth-order valence-electron chi connectivity index (χ4n) is 3.57. The number of carbonyl (C=O) groups is 1. The molecule has 4 rings (SSSR count). The Labute approximate surface area is 173 Å². The lowest BCUT2D eigenvalue weighted by Gasteiger charge is -2.23. The van der Waals surface area contributed by atoms with Crippen LogP contribution in [-0.4, -0.2) is 37.3 Å². The molecule has 7 nitrogen and oxygen atoms in total. The van der Waals surface area contributed by atoms with E-state index in [-0.39, 0.29) is 16.8 Å². The van der Waals surface area contributed by atoms with E-state index in [0.29, 0.717) is 18.0 Å². The van der Waals surface area contributed by atoms with Gasteiger partial charge >= 0.3 is 0 Å². The molecule has 0 aliphatic carbocycles. The van der Waals surface area contributed by atoms with Crippen molar-refractivity contribution in [2.24, 2.45) is 0 Å². The van der Waals surface area contributed by atoms with Crippen molar-refractivity contribution in [2.45, 2.75) is 30.7 Å². The average Bonchev–Trinajstić information content (AvgIpc) is 3.34. The number of thiazole rings is 1. The third kappa shape index (κ3) is 3.73. The molecule has 0 spiro atoms. The molecule has 2 heterocycles. The number of rotatable bonds is 5. The highest BCUT2D eigenvalue weighted by Gasteiger charge is 2.38. The second-order valence-corrected chi connectivity index (χ2v) is 9.79. The topological polar surface area (TPSA) is 88.6 Å². The highest BCUT2D eigenvalue weighted by atomic mass is 32.2. The molecule has 1 aromatic heterocycles. The van der Waals surface area contributed by atoms with Gasteiger partial charge in [0, 0.05) is 19.5 Å². The minimum Gasteiger partial charge on any atom is -0.495 e. The van der Waals surface area contributed by atoms with Gasteiger partial charge < -0.3 is 10.1 Å². The predicted molar refractivity (Wildman–Crippen MR) is 113 cm³/mol. The van der Waals surface area contributed by atoms with Gasteiger partial charge in [-0.2, -0.15) is 4.31 Å². The van der Waals surface area contributed by atoms with Gasteiger partial charge in [-0.05, 0) is 37.1 Å². The average molecular weight is 432 g/mol. The van der Waals surface area contributed by atoms with Crippen molar-refractivity contribution in [1.29, 1.82) is 0 Å². The molecule has 1 amide bonds. The summed E-state index contributed by atoms with van der Waals surface area (Å²) < 4.78 is 34.7. The lowest BCUT2D eigenvalue weighted by atomic mass is 10.2. The summed E-state index contributed by atoms with van der Waals surface area (Å²) in [6, 6.07) is 12.0. The zero-order valence-corrected chi connectivity index (χ0v) is 17.7. The largest absolute Gasteiger partial charge is 0.495 e. The third-order valence-electron chi connectivity index (χ3n) is 4.89. The van der Waals surface area contributed by atoms with E-state index in [1.165, 1.54) is 41.8 Å². The van der Waals surface area contributed by atoms with Crippen molar-refractivity contribution in [3.05, 3.63) is 47.5 Å². The Bertz CT molecular complexity index is 1140. The monoisotopic (exact) mass is 431 g/mol. The second-order valence-electron chi connectivity index (χ2n) is 6.84. The van der Waals surface area contributed by atoms with Gasteiger partial charge in [-0.15, -0.1) is 11.3 Å². The number of ether oxygens (including phenoxy) is 1. The summed E-state index contributed by atoms with van der Waals surface area (Å²) in [5.74, 6) is 0.0476. The van der Waals surface area contributed by atoms with Crippen LogP contribution in [0, 0.1) is 0 Å². The molecule has 29 heavy (non-hydrogen) atoms. The number of fused-ring (bicyclic) bond motifs is 1. The molecule has 1 saturated heterocycles. The molecule has 1 unspecified atom stereocenters. The first kappa shape index (κ1) is 19.8. The van der Waals surface area contributed by atoms with Crippen LogP contribution in [-0.2, 0) is 14.8 Å². The second kappa shape index (κ2) is 7.74. The predicted octanol–water partition coefficient (Wildman–Crippen LogP) is 3.79. The van der Waals surface area contributed by atoms with E-state index in [4.69, 9.17) is 4.74 Å². The smallest absolute Gasteiger partial charge is 0.243 e. The first-order valence-electron chi connectivity index (χ1n) is 9.23. The number of nitrogens with one attached hydrogen (secondary N) is 1. The molecule has 9 heteroatoms. The summed E-state index contributed by atoms with van der Waals surface area (Å²) in [5, 5.41) is 3.46. The van der Waals surface area contributed by atoms with Crippen molar-refractivity contribution in [2.75, 3.05) is 19.0 Å². The van der Waals surface area contributed by atoms with E-state index in [2.05, 4.69) is 10.3 Å². The molecule has 1 N–H and O–H groups in total. The molecular weight excluding hydrogens is 410 g/mol. The Morgan fingerprint density at radius 2 is 2.07 bits per heavy atom. The number of aromatic nitrogens is 1. The number of nitrogens with zero attached hydrogens (tertiary/aromatic N) is 2. The standard InChI is InChI=1S/C20H21N3O4S2/c1-13(24)21-15-10-9-14(12-18(15)27-2)29(25,26)23-11-5-7-17(23)20-22-16-6-3-4-8-19(16)28-20/h3-4,6,8-10,12,17H,5,7,11H2,1-2H3,(H,21,24). The van der Waals surface area contributed by atoms with Crippen LogP contribution >= 0.6 is 11.3 Å². The summed E-state index contributed by atoms with van der Waals surface area (Å²) in [4.78, 5) is 16.2. The normalized spacial score (nSPS) is 17.5. The van der Waals surface area contributed by atoms with Gasteiger partial charge in [-0.1, -0.05) is 12.1 Å². The number of amides is 1. The highest BCUT2D eigenvalue weighted by molar-refractivity contribution is 7.89. The molecule has 1 fully saturated rings. The number of para-hydroxylation sites is 1. The van der Waals surface area contributed by atoms with Crippen LogP contribution in [0.2, 0.25) is 0 Å². The lowest BCUT2D eigenvalue weighted by Crippen LogP contribution is -2.30. The van der Waals surface area contributed by atoms with E-state index in [9.17, 15) is 13.2 Å². The SMILES string of the molecule is COc1cc(S(=O)(=O)N2CCCC2c2nc3ccccc3s2)ccc1NC(C)=O. The van der Waals surface area contributed by atoms with E-state index in [1.807, 2.05) is 24.3 Å². The minimum atomic E-state index is -3.74. The third-order valence-corrected chi connectivity index (χ3v) is 7.93. The van der Waals surface area contributed by atoms with Crippen molar-refractivity contribution in [1.82, 2.24) is 9.29 Å². The number of methoxy groups -OCH3 is 1. The van der Waals surface area contributed by atoms with Crippen molar-refractivity contribution >= 4 is 43.2 Å². The van der Waals surface area contributed by atoms with Crippen LogP contribution in [0.1, 0.15) is 30.8 Å². The first-order valence-corrected chi connectivity index (χ1v) is 11.5. The van der Waals surface area contributed by atoms with Crippen molar-refractivity contribution < 1.29 is 17.9 Å². The van der Waals surface area contributed by atoms with Gasteiger partial charge in [0.05, 0.1) is 34.0 Å². The van der Waals surface area contributed by atoms with Crippen LogP contribution in [0.15, 0.2) is 47.4 Å². The van der Waals surface area contributed by atoms with E-state index in [1.54, 1.807) is 6.07 Å². The summed E-state index contributed by atoms with van der Waals surface area (Å²) in [5.41, 5.74) is 1.32. The Morgan fingerprint density at radius 1 is 1.28 bits per heavy atom. The molecule has 0 radical (unpaired) electrons. The molecule has 0 saturated carbocycles. The van der Waals surface area contributed by atoms with E-state index >= 15 is 0 Å². The number of hydrogen-bond donors (Lipinski definition) is 1. The van der Waals surface area contributed by atoms with Gasteiger partial charge in [0.2, 0.25) is 15.9 Å². The van der Waals surface area contributed by atoms with Gasteiger partial charge in [-0.3, -0.25) is 4.79 Å². The van der Waals surface area contributed by atoms with Gasteiger partial charge in [0.1, 0.15) is 10.8 Å². The first-order chi connectivity index (χ1) is 13.9. The summed E-state index contributed by atoms with van der Waals surface area (Å²) in [7, 11) is -2.30. The van der Waals surface area contributed by atoms with E-state index in [0.717, 1.165) is 28.1 Å². The maximum Gasteiger partial charge on any atom is 0.243 e. The highest BCUT2D eigenvalue weighted by Crippen LogP contribution is 2.40. The number of sulfonamides is 1. The maximum atomic E-state index is 13.4. The Balaban J connectivity index is 1.69. The molecule has 2 aromatic carbocycles. The number of hydrogen-bond acceptors (Lipinski definition) is 6. The van der Waals surface area contributed by atoms with Gasteiger partial charge in [0.25, 0.3) is 0 Å². The molecule has 0 bridgehead atoms. The Morgan fingerprint density at radius 3 is 2.79 bits per heavy atom. The fourth-order valence-corrected chi connectivity index (χ4v) is 6.43. The lowest BCUT2D eigenvalue weighted by molar-refractivity contribution is -0.114. The molecule has 3 aromatic rings. The maximum absolute atomic E-state index is 13.4. The zero-order valence-electron chi connectivity index (χ0n) is 16.1. The summed E-state index contributed by atoms with van der Waals surface area (Å²) in [6.45, 7) is 1.83. The molecule has 152 valence electrons. The van der Waals surface area contributed by atoms with Crippen LogP contribution in [0.4, 0.5) is 5.69 Å². The number of carbonyl (C=O) groups excluding carboxylic acids is 1. The Hall–Kier alpha value is -2.49. The van der Waals surface area contributed by atoms with Crippen molar-refractivity contribution in [3.8, 4) is 5.75 Å². The summed E-state index contributed by atoms with van der Waals surface area (Å²) >= 11 is 1.54. The zero-order chi connectivity index (χ0) is 20.6. The van der Waals surface area contributed by atoms with Crippen molar-refractivity contribution in [3.63, 3.8) is 0 Å². The molecular formula is C20H21N3O4S2. The van der Waals surface area contributed by atoms with E-state index < -0.39 is 10.0 Å². The van der Waals surface area contributed by atoms with Crippen LogP contribution < -0.4 is 10.1 Å². The van der Waals surface area contributed by atoms with Crippen LogP contribution in [0.25, 0.3) is 10.2 Å². The molecule has 1 aliphatic heterocycles.